The lowest BCUT2D eigenvalue weighted by molar-refractivity contribution is -0.385. The molecule has 0 atom stereocenters. The number of ether oxygens (including phenoxy) is 2. The fourth-order valence-electron chi connectivity index (χ4n) is 1.88. The van der Waals surface area contributed by atoms with Crippen molar-refractivity contribution in [2.24, 2.45) is 5.10 Å². The summed E-state index contributed by atoms with van der Waals surface area (Å²) < 4.78 is 11.3. The third-order valence-corrected chi connectivity index (χ3v) is 2.96. The molecule has 0 spiro atoms. The molecule has 1 aliphatic heterocycles. The average molecular weight is 334 g/mol. The second-order valence-corrected chi connectivity index (χ2v) is 4.51. The molecule has 124 valence electrons. The summed E-state index contributed by atoms with van der Waals surface area (Å²) in [4.78, 5) is 22.2. The van der Waals surface area contributed by atoms with E-state index in [0.717, 1.165) is 10.9 Å². The molecule has 2 heterocycles. The van der Waals surface area contributed by atoms with Crippen molar-refractivity contribution in [3.8, 4) is 11.5 Å². The lowest BCUT2D eigenvalue weighted by Crippen LogP contribution is -2.24. The van der Waals surface area contributed by atoms with E-state index in [2.05, 4.69) is 26.1 Å². The van der Waals surface area contributed by atoms with Crippen molar-refractivity contribution in [1.82, 2.24) is 25.6 Å². The molecule has 3 N–H and O–H groups in total. The van der Waals surface area contributed by atoms with E-state index in [1.54, 1.807) is 0 Å². The van der Waals surface area contributed by atoms with Gasteiger partial charge in [0.25, 0.3) is 11.6 Å². The number of amides is 1. The summed E-state index contributed by atoms with van der Waals surface area (Å²) in [5.74, 6) is 0.0427. The van der Waals surface area contributed by atoms with Gasteiger partial charge in [-0.25, -0.2) is 10.1 Å². The minimum atomic E-state index is -0.590. The molecule has 1 aromatic heterocycles. The number of rotatable bonds is 5. The molecule has 24 heavy (non-hydrogen) atoms. The molecule has 1 aliphatic rings. The van der Waals surface area contributed by atoms with Gasteiger partial charge in [-0.05, 0) is 16.5 Å². The van der Waals surface area contributed by atoms with Gasteiger partial charge < -0.3 is 15.2 Å². The minimum Gasteiger partial charge on any atom is -0.454 e. The molecule has 0 fully saturated rings. The summed E-state index contributed by atoms with van der Waals surface area (Å²) in [5, 5.41) is 25.0. The van der Waals surface area contributed by atoms with Gasteiger partial charge >= 0.3 is 0 Å². The van der Waals surface area contributed by atoms with Crippen LogP contribution in [-0.2, 0) is 11.3 Å². The number of nitrogens with two attached hydrogens (primary N) is 1. The third kappa shape index (κ3) is 3.03. The Morgan fingerprint density at radius 2 is 2.25 bits per heavy atom. The highest BCUT2D eigenvalue weighted by Gasteiger charge is 2.22. The first-order valence-electron chi connectivity index (χ1n) is 6.46. The van der Waals surface area contributed by atoms with E-state index < -0.39 is 10.8 Å². The molecule has 0 saturated heterocycles. The Bertz CT molecular complexity index is 832. The Morgan fingerprint density at radius 3 is 2.92 bits per heavy atom. The Morgan fingerprint density at radius 1 is 1.50 bits per heavy atom. The first kappa shape index (κ1) is 15.1. The maximum absolute atomic E-state index is 11.7. The number of nitrogens with zero attached hydrogens (tertiary/aromatic N) is 6. The lowest BCUT2D eigenvalue weighted by Gasteiger charge is -2.02. The predicted octanol–water partition coefficient (Wildman–Crippen LogP) is -0.958. The van der Waals surface area contributed by atoms with Crippen LogP contribution in [0.2, 0.25) is 0 Å². The van der Waals surface area contributed by atoms with Crippen LogP contribution >= 0.6 is 0 Å². The monoisotopic (exact) mass is 334 g/mol. The summed E-state index contributed by atoms with van der Waals surface area (Å²) in [5.41, 5.74) is 7.53. The zero-order valence-electron chi connectivity index (χ0n) is 11.9. The van der Waals surface area contributed by atoms with Crippen LogP contribution in [0.25, 0.3) is 0 Å². The molecule has 0 saturated carbocycles. The van der Waals surface area contributed by atoms with Crippen molar-refractivity contribution in [3.05, 3.63) is 27.8 Å². The third-order valence-electron chi connectivity index (χ3n) is 2.96. The number of benzene rings is 1. The highest BCUT2D eigenvalue weighted by Crippen LogP contribution is 2.37. The van der Waals surface area contributed by atoms with Crippen molar-refractivity contribution in [2.75, 3.05) is 12.5 Å². The van der Waals surface area contributed by atoms with Crippen LogP contribution in [0.4, 0.5) is 11.6 Å². The zero-order chi connectivity index (χ0) is 17.1. The fourth-order valence-corrected chi connectivity index (χ4v) is 1.88. The van der Waals surface area contributed by atoms with Crippen LogP contribution in [0.15, 0.2) is 17.2 Å². The highest BCUT2D eigenvalue weighted by molar-refractivity contribution is 5.88. The molecule has 2 aromatic rings. The van der Waals surface area contributed by atoms with Gasteiger partial charge in [-0.1, -0.05) is 5.10 Å². The van der Waals surface area contributed by atoms with Gasteiger partial charge in [-0.15, -0.1) is 0 Å². The maximum atomic E-state index is 11.7. The Labute approximate surface area is 133 Å². The number of hydrogen-bond donors (Lipinski definition) is 2. The number of anilines is 1. The van der Waals surface area contributed by atoms with E-state index in [-0.39, 0.29) is 36.3 Å². The number of carbonyl (C=O) groups excluding carboxylic acids is 1. The van der Waals surface area contributed by atoms with Gasteiger partial charge in [0.05, 0.1) is 22.8 Å². The van der Waals surface area contributed by atoms with Gasteiger partial charge in [0.1, 0.15) is 6.54 Å². The lowest BCUT2D eigenvalue weighted by atomic mass is 10.1. The normalized spacial score (nSPS) is 12.5. The number of aromatic nitrogens is 4. The molecule has 1 amide bonds. The SMILES string of the molecule is Nc1nnnn1CC(=O)NN=Cc1cc2c(cc1[N+](=O)[O-])OCO2. The standard InChI is InChI=1S/C11H10N8O5/c12-11-15-16-17-18(11)4-10(20)14-13-3-6-1-8-9(24-5-23-8)2-7(6)19(21)22/h1-3H,4-5H2,(H,14,20)(H2,12,15,17). The molecule has 3 rings (SSSR count). The zero-order valence-corrected chi connectivity index (χ0v) is 11.9. The molecule has 0 bridgehead atoms. The van der Waals surface area contributed by atoms with Crippen molar-refractivity contribution in [2.45, 2.75) is 6.54 Å². The summed E-state index contributed by atoms with van der Waals surface area (Å²) in [6.07, 6.45) is 1.13. The van der Waals surface area contributed by atoms with Gasteiger partial charge in [0, 0.05) is 0 Å². The molecule has 0 aliphatic carbocycles. The molecular formula is C11H10N8O5. The van der Waals surface area contributed by atoms with Crippen molar-refractivity contribution < 1.29 is 19.2 Å². The van der Waals surface area contributed by atoms with Crippen molar-refractivity contribution in [1.29, 1.82) is 0 Å². The molecule has 0 radical (unpaired) electrons. The number of nitro benzene ring substituents is 1. The number of nitrogen functional groups attached to an aromatic ring is 1. The summed E-state index contributed by atoms with van der Waals surface area (Å²) in [7, 11) is 0. The van der Waals surface area contributed by atoms with Gasteiger partial charge in [0.2, 0.25) is 12.7 Å². The van der Waals surface area contributed by atoms with E-state index in [1.165, 1.54) is 12.1 Å². The highest BCUT2D eigenvalue weighted by atomic mass is 16.7. The van der Waals surface area contributed by atoms with E-state index in [9.17, 15) is 14.9 Å². The number of hydrogen-bond acceptors (Lipinski definition) is 10. The van der Waals surface area contributed by atoms with E-state index >= 15 is 0 Å². The Balaban J connectivity index is 1.71. The van der Waals surface area contributed by atoms with Crippen LogP contribution in [0.1, 0.15) is 5.56 Å². The van der Waals surface area contributed by atoms with Crippen LogP contribution in [0, 0.1) is 10.1 Å². The van der Waals surface area contributed by atoms with E-state index in [1.807, 2.05) is 0 Å². The Kier molecular flexibility index (Phi) is 3.88. The molecule has 1 aromatic carbocycles. The first-order chi connectivity index (χ1) is 11.5. The number of hydrazone groups is 1. The molecular weight excluding hydrogens is 324 g/mol. The van der Waals surface area contributed by atoms with Crippen molar-refractivity contribution >= 4 is 23.8 Å². The van der Waals surface area contributed by atoms with E-state index in [4.69, 9.17) is 15.2 Å². The number of fused-ring (bicyclic) bond motifs is 1. The maximum Gasteiger partial charge on any atom is 0.282 e. The second kappa shape index (κ2) is 6.15. The summed E-state index contributed by atoms with van der Waals surface area (Å²) >= 11 is 0. The molecule has 13 nitrogen and oxygen atoms in total. The van der Waals surface area contributed by atoms with Crippen LogP contribution < -0.4 is 20.6 Å². The number of nitro groups is 1. The smallest absolute Gasteiger partial charge is 0.282 e. The van der Waals surface area contributed by atoms with E-state index in [0.29, 0.717) is 5.75 Å². The van der Waals surface area contributed by atoms with Crippen molar-refractivity contribution in [3.63, 3.8) is 0 Å². The molecule has 0 unspecified atom stereocenters. The van der Waals surface area contributed by atoms with Crippen LogP contribution in [0.3, 0.4) is 0 Å². The minimum absolute atomic E-state index is 0.0167. The quantitative estimate of drug-likeness (QED) is 0.396. The van der Waals surface area contributed by atoms with Gasteiger partial charge in [-0.3, -0.25) is 14.9 Å². The number of nitrogens with one attached hydrogen (secondary N) is 1. The Hall–Kier alpha value is -3.77. The first-order valence-corrected chi connectivity index (χ1v) is 6.46. The van der Waals surface area contributed by atoms with Crippen LogP contribution in [-0.4, -0.2) is 44.0 Å². The number of carbonyl (C=O) groups is 1. The van der Waals surface area contributed by atoms with Gasteiger partial charge in [-0.2, -0.15) is 5.10 Å². The largest absolute Gasteiger partial charge is 0.454 e. The summed E-state index contributed by atoms with van der Waals surface area (Å²) in [6, 6.07) is 2.63. The second-order valence-electron chi connectivity index (χ2n) is 4.51. The fraction of sp³-hybridized carbons (Fsp3) is 0.182. The van der Waals surface area contributed by atoms with Gasteiger partial charge in [0.15, 0.2) is 11.5 Å². The average Bonchev–Trinajstić information content (AvgIpc) is 3.15. The number of tetrazole rings is 1. The summed E-state index contributed by atoms with van der Waals surface area (Å²) in [6.45, 7) is -0.267. The topological polar surface area (TPSA) is 173 Å². The predicted molar refractivity (Wildman–Crippen MR) is 77.2 cm³/mol. The molecule has 13 heteroatoms. The van der Waals surface area contributed by atoms with Crippen LogP contribution in [0.5, 0.6) is 11.5 Å².